The van der Waals surface area contributed by atoms with Gasteiger partial charge in [-0.05, 0) is 43.0 Å². The molecule has 0 aromatic heterocycles. The van der Waals surface area contributed by atoms with Gasteiger partial charge in [-0.2, -0.15) is 0 Å². The van der Waals surface area contributed by atoms with E-state index in [9.17, 15) is 4.79 Å². The summed E-state index contributed by atoms with van der Waals surface area (Å²) in [6.45, 7) is 4.77. The molecule has 1 heterocycles. The normalized spacial score (nSPS) is 14.3. The molecule has 1 amide bonds. The maximum absolute atomic E-state index is 11.9. The fourth-order valence-electron chi connectivity index (χ4n) is 3.54. The number of carbonyl (C=O) groups excluding carboxylic acids is 1. The van der Waals surface area contributed by atoms with Gasteiger partial charge in [-0.25, -0.2) is 4.79 Å². The van der Waals surface area contributed by atoms with Crippen LogP contribution in [0.3, 0.4) is 0 Å². The highest BCUT2D eigenvalue weighted by atomic mass is 127. The van der Waals surface area contributed by atoms with Crippen molar-refractivity contribution in [3.63, 3.8) is 0 Å². The molecular formula is C24H33IN4O3. The molecule has 1 saturated heterocycles. The third-order valence-electron chi connectivity index (χ3n) is 5.29. The van der Waals surface area contributed by atoms with E-state index >= 15 is 0 Å². The number of piperidine rings is 1. The molecule has 0 radical (unpaired) electrons. The van der Waals surface area contributed by atoms with Crippen molar-refractivity contribution < 1.29 is 14.3 Å². The van der Waals surface area contributed by atoms with E-state index in [1.165, 1.54) is 5.56 Å². The topological polar surface area (TPSA) is 75.2 Å². The van der Waals surface area contributed by atoms with Gasteiger partial charge < -0.3 is 25.0 Å². The van der Waals surface area contributed by atoms with Crippen LogP contribution in [0.2, 0.25) is 0 Å². The monoisotopic (exact) mass is 552 g/mol. The molecule has 2 N–H and O–H groups in total. The van der Waals surface area contributed by atoms with Gasteiger partial charge >= 0.3 is 6.09 Å². The lowest BCUT2D eigenvalue weighted by atomic mass is 10.1. The number of guanidine groups is 1. The molecule has 3 rings (SSSR count). The first-order chi connectivity index (χ1) is 15.2. The summed E-state index contributed by atoms with van der Waals surface area (Å²) in [6.07, 6.45) is 1.50. The van der Waals surface area contributed by atoms with Crippen molar-refractivity contribution in [1.29, 1.82) is 0 Å². The Morgan fingerprint density at radius 1 is 1.06 bits per heavy atom. The summed E-state index contributed by atoms with van der Waals surface area (Å²) < 4.78 is 11.0. The number of ether oxygens (including phenoxy) is 2. The Morgan fingerprint density at radius 3 is 2.38 bits per heavy atom. The van der Waals surface area contributed by atoms with E-state index in [1.54, 1.807) is 11.9 Å². The second-order valence-corrected chi connectivity index (χ2v) is 7.40. The van der Waals surface area contributed by atoms with E-state index in [-0.39, 0.29) is 36.1 Å². The number of halogens is 1. The predicted octanol–water partition coefficient (Wildman–Crippen LogP) is 4.17. The molecule has 0 saturated carbocycles. The maximum Gasteiger partial charge on any atom is 0.409 e. The molecular weight excluding hydrogens is 519 g/mol. The molecule has 2 aromatic rings. The van der Waals surface area contributed by atoms with Crippen LogP contribution in [0.5, 0.6) is 5.75 Å². The van der Waals surface area contributed by atoms with Crippen LogP contribution in [-0.4, -0.2) is 49.7 Å². The zero-order chi connectivity index (χ0) is 21.9. The van der Waals surface area contributed by atoms with Gasteiger partial charge in [0.2, 0.25) is 0 Å². The molecule has 7 nitrogen and oxygen atoms in total. The first-order valence-corrected chi connectivity index (χ1v) is 10.8. The number of likely N-dealkylation sites (tertiary alicyclic amines) is 1. The molecule has 8 heteroatoms. The van der Waals surface area contributed by atoms with E-state index < -0.39 is 0 Å². The second-order valence-electron chi connectivity index (χ2n) is 7.40. The van der Waals surface area contributed by atoms with Crippen molar-refractivity contribution in [3.05, 3.63) is 65.7 Å². The van der Waals surface area contributed by atoms with E-state index in [1.807, 2.05) is 49.4 Å². The Morgan fingerprint density at radius 2 is 1.72 bits per heavy atom. The van der Waals surface area contributed by atoms with Crippen molar-refractivity contribution in [3.8, 4) is 5.75 Å². The first kappa shape index (κ1) is 25.8. The van der Waals surface area contributed by atoms with Gasteiger partial charge in [0, 0.05) is 32.7 Å². The van der Waals surface area contributed by atoms with Crippen LogP contribution in [0, 0.1) is 0 Å². The average Bonchev–Trinajstić information content (AvgIpc) is 2.82. The quantitative estimate of drug-likeness (QED) is 0.307. The van der Waals surface area contributed by atoms with Crippen molar-refractivity contribution in [2.75, 3.05) is 26.7 Å². The van der Waals surface area contributed by atoms with Gasteiger partial charge in [0.1, 0.15) is 12.4 Å². The summed E-state index contributed by atoms with van der Waals surface area (Å²) in [7, 11) is 1.77. The molecule has 32 heavy (non-hydrogen) atoms. The number of rotatable bonds is 7. The van der Waals surface area contributed by atoms with E-state index in [0.29, 0.717) is 32.8 Å². The second kappa shape index (κ2) is 13.8. The molecule has 0 aliphatic carbocycles. The Labute approximate surface area is 207 Å². The zero-order valence-electron chi connectivity index (χ0n) is 18.8. The van der Waals surface area contributed by atoms with E-state index in [2.05, 4.69) is 27.8 Å². The SMILES string of the molecule is CCOC(=O)N1CCC(NC(=NC)NCc2ccccc2COc2ccccc2)CC1.I. The van der Waals surface area contributed by atoms with Crippen molar-refractivity contribution in [2.24, 2.45) is 4.99 Å². The number of hydrogen-bond donors (Lipinski definition) is 2. The Balaban J connectivity index is 0.00000363. The Bertz CT molecular complexity index is 855. The third-order valence-corrected chi connectivity index (χ3v) is 5.29. The third kappa shape index (κ3) is 7.89. The maximum atomic E-state index is 11.9. The molecule has 1 aliphatic heterocycles. The highest BCUT2D eigenvalue weighted by Gasteiger charge is 2.24. The molecule has 0 unspecified atom stereocenters. The average molecular weight is 552 g/mol. The summed E-state index contributed by atoms with van der Waals surface area (Å²) in [6, 6.07) is 18.3. The predicted molar refractivity (Wildman–Crippen MR) is 138 cm³/mol. The lowest BCUT2D eigenvalue weighted by molar-refractivity contribution is 0.0963. The summed E-state index contributed by atoms with van der Waals surface area (Å²) in [5.74, 6) is 1.62. The fraction of sp³-hybridized carbons (Fsp3) is 0.417. The van der Waals surface area contributed by atoms with Crippen LogP contribution in [0.25, 0.3) is 0 Å². The Kier molecular flexibility index (Phi) is 11.1. The number of nitrogens with zero attached hydrogens (tertiary/aromatic N) is 2. The minimum atomic E-state index is -0.224. The molecule has 2 aromatic carbocycles. The molecule has 0 spiro atoms. The largest absolute Gasteiger partial charge is 0.489 e. The Hall–Kier alpha value is -2.49. The van der Waals surface area contributed by atoms with Gasteiger partial charge in [-0.1, -0.05) is 42.5 Å². The lowest BCUT2D eigenvalue weighted by Gasteiger charge is -2.32. The lowest BCUT2D eigenvalue weighted by Crippen LogP contribution is -2.49. The van der Waals surface area contributed by atoms with E-state index in [0.717, 1.165) is 30.1 Å². The van der Waals surface area contributed by atoms with Crippen LogP contribution in [0.4, 0.5) is 4.79 Å². The number of nitrogens with one attached hydrogen (secondary N) is 2. The highest BCUT2D eigenvalue weighted by molar-refractivity contribution is 14.0. The standard InChI is InChI=1S/C24H32N4O3.HI/c1-3-30-24(29)28-15-13-21(14-16-28)27-23(25-2)26-17-19-9-7-8-10-20(19)18-31-22-11-5-4-6-12-22;/h4-12,21H,3,13-18H2,1-2H3,(H2,25,26,27);1H. The van der Waals surface area contributed by atoms with Gasteiger partial charge in [0.15, 0.2) is 5.96 Å². The molecule has 1 fully saturated rings. The minimum Gasteiger partial charge on any atom is -0.489 e. The number of benzene rings is 2. The summed E-state index contributed by atoms with van der Waals surface area (Å²) >= 11 is 0. The van der Waals surface area contributed by atoms with E-state index in [4.69, 9.17) is 9.47 Å². The first-order valence-electron chi connectivity index (χ1n) is 10.8. The summed E-state index contributed by atoms with van der Waals surface area (Å²) in [5, 5.41) is 6.88. The van der Waals surface area contributed by atoms with Crippen LogP contribution < -0.4 is 15.4 Å². The van der Waals surface area contributed by atoms with Crippen molar-refractivity contribution >= 4 is 36.0 Å². The fourth-order valence-corrected chi connectivity index (χ4v) is 3.54. The van der Waals surface area contributed by atoms with Crippen molar-refractivity contribution in [1.82, 2.24) is 15.5 Å². The molecule has 0 atom stereocenters. The summed E-state index contributed by atoms with van der Waals surface area (Å²) in [5.41, 5.74) is 2.30. The number of para-hydroxylation sites is 1. The summed E-state index contributed by atoms with van der Waals surface area (Å²) in [4.78, 5) is 18.0. The van der Waals surface area contributed by atoms with Crippen LogP contribution >= 0.6 is 24.0 Å². The molecule has 0 bridgehead atoms. The number of aliphatic imine (C=N–C) groups is 1. The van der Waals surface area contributed by atoms with Gasteiger partial charge in [-0.15, -0.1) is 24.0 Å². The van der Waals surface area contributed by atoms with Crippen LogP contribution in [0.15, 0.2) is 59.6 Å². The van der Waals surface area contributed by atoms with Crippen molar-refractivity contribution in [2.45, 2.75) is 39.0 Å². The molecule has 174 valence electrons. The zero-order valence-corrected chi connectivity index (χ0v) is 21.1. The number of hydrogen-bond acceptors (Lipinski definition) is 4. The van der Waals surface area contributed by atoms with Gasteiger partial charge in [0.05, 0.1) is 6.61 Å². The molecule has 1 aliphatic rings. The van der Waals surface area contributed by atoms with Gasteiger partial charge in [0.25, 0.3) is 0 Å². The smallest absolute Gasteiger partial charge is 0.409 e. The highest BCUT2D eigenvalue weighted by Crippen LogP contribution is 2.15. The van der Waals surface area contributed by atoms with Crippen LogP contribution in [0.1, 0.15) is 30.9 Å². The number of amides is 1. The van der Waals surface area contributed by atoms with Gasteiger partial charge in [-0.3, -0.25) is 4.99 Å². The van der Waals surface area contributed by atoms with Crippen LogP contribution in [-0.2, 0) is 17.9 Å². The minimum absolute atomic E-state index is 0. The number of carbonyl (C=O) groups is 1.